The van der Waals surface area contributed by atoms with Gasteiger partial charge in [-0.2, -0.15) is 0 Å². The van der Waals surface area contributed by atoms with Gasteiger partial charge in [0, 0.05) is 17.3 Å². The zero-order valence-corrected chi connectivity index (χ0v) is 13.2. The van der Waals surface area contributed by atoms with E-state index in [-0.39, 0.29) is 12.1 Å². The summed E-state index contributed by atoms with van der Waals surface area (Å²) in [5, 5.41) is 9.11. The van der Waals surface area contributed by atoms with Crippen LogP contribution in [0.2, 0.25) is 0 Å². The summed E-state index contributed by atoms with van der Waals surface area (Å²) in [5.74, 6) is 0.677. The maximum absolute atomic E-state index is 12.0. The first-order valence-corrected chi connectivity index (χ1v) is 8.71. The van der Waals surface area contributed by atoms with Crippen molar-refractivity contribution in [3.05, 3.63) is 51.5 Å². The minimum absolute atomic E-state index is 0.0963. The fourth-order valence-electron chi connectivity index (χ4n) is 3.03. The number of nitrogens with one attached hydrogen (secondary N) is 2. The molecule has 0 unspecified atom stereocenters. The minimum atomic E-state index is -0.0963. The number of nitrogens with zero attached hydrogens (tertiary/aromatic N) is 1. The lowest BCUT2D eigenvalue weighted by Gasteiger charge is -2.12. The van der Waals surface area contributed by atoms with Crippen LogP contribution in [-0.4, -0.2) is 17.1 Å². The maximum atomic E-state index is 12.0. The molecule has 22 heavy (non-hydrogen) atoms. The van der Waals surface area contributed by atoms with Gasteiger partial charge in [0.2, 0.25) is 0 Å². The highest BCUT2D eigenvalue weighted by Gasteiger charge is 2.26. The van der Waals surface area contributed by atoms with Crippen LogP contribution in [0.1, 0.15) is 40.6 Å². The monoisotopic (exact) mass is 313 g/mol. The van der Waals surface area contributed by atoms with Crippen molar-refractivity contribution in [2.24, 2.45) is 0 Å². The standard InChI is InChI=1S/C17H19N3OS/c21-17(18-9-16-20-15(10-22-16)11-5-6-11)19-14-7-12-3-1-2-4-13(12)8-14/h1-4,10-11,14H,5-9H2,(H2,18,19,21). The molecule has 5 heteroatoms. The maximum Gasteiger partial charge on any atom is 0.315 e. The van der Waals surface area contributed by atoms with Gasteiger partial charge in [0.25, 0.3) is 0 Å². The average Bonchev–Trinajstić information content (AvgIpc) is 3.11. The Hall–Kier alpha value is -1.88. The third kappa shape index (κ3) is 2.99. The molecule has 0 spiro atoms. The summed E-state index contributed by atoms with van der Waals surface area (Å²) in [4.78, 5) is 16.6. The predicted octanol–water partition coefficient (Wildman–Crippen LogP) is 2.99. The number of hydrogen-bond acceptors (Lipinski definition) is 3. The number of carbonyl (C=O) groups is 1. The quantitative estimate of drug-likeness (QED) is 0.912. The molecule has 1 aromatic heterocycles. The second kappa shape index (κ2) is 5.72. The Labute approximate surface area is 134 Å². The fraction of sp³-hybridized carbons (Fsp3) is 0.412. The van der Waals surface area contributed by atoms with Crippen LogP contribution in [0.4, 0.5) is 4.79 Å². The average molecular weight is 313 g/mol. The normalized spacial score (nSPS) is 17.3. The second-order valence-corrected chi connectivity index (χ2v) is 7.08. The molecule has 1 aromatic carbocycles. The van der Waals surface area contributed by atoms with Crippen molar-refractivity contribution in [1.29, 1.82) is 0 Å². The number of carbonyl (C=O) groups excluding carboxylic acids is 1. The number of thiazole rings is 1. The number of rotatable bonds is 4. The van der Waals surface area contributed by atoms with E-state index in [4.69, 9.17) is 0 Å². The minimum Gasteiger partial charge on any atom is -0.335 e. The van der Waals surface area contributed by atoms with Gasteiger partial charge in [0.05, 0.1) is 12.2 Å². The highest BCUT2D eigenvalue weighted by Crippen LogP contribution is 2.40. The van der Waals surface area contributed by atoms with Crippen molar-refractivity contribution in [1.82, 2.24) is 15.6 Å². The van der Waals surface area contributed by atoms with Crippen molar-refractivity contribution in [3.63, 3.8) is 0 Å². The van der Waals surface area contributed by atoms with Crippen LogP contribution in [0.3, 0.4) is 0 Å². The van der Waals surface area contributed by atoms with Crippen molar-refractivity contribution in [3.8, 4) is 0 Å². The van der Waals surface area contributed by atoms with Gasteiger partial charge in [0.1, 0.15) is 5.01 Å². The number of urea groups is 1. The summed E-state index contributed by atoms with van der Waals surface area (Å²) in [6.45, 7) is 0.517. The van der Waals surface area contributed by atoms with E-state index in [1.54, 1.807) is 11.3 Å². The van der Waals surface area contributed by atoms with E-state index in [9.17, 15) is 4.79 Å². The third-order valence-corrected chi connectivity index (χ3v) is 5.22. The van der Waals surface area contributed by atoms with E-state index in [1.807, 2.05) is 0 Å². The Kier molecular flexibility index (Phi) is 3.58. The van der Waals surface area contributed by atoms with Crippen molar-refractivity contribution in [2.75, 3.05) is 0 Å². The van der Waals surface area contributed by atoms with Gasteiger partial charge in [-0.25, -0.2) is 9.78 Å². The fourth-order valence-corrected chi connectivity index (χ4v) is 3.84. The van der Waals surface area contributed by atoms with Gasteiger partial charge in [-0.1, -0.05) is 24.3 Å². The van der Waals surface area contributed by atoms with E-state index in [0.717, 1.165) is 17.8 Å². The first kappa shape index (κ1) is 13.8. The molecule has 2 N–H and O–H groups in total. The molecule has 0 bridgehead atoms. The molecule has 2 aromatic rings. The number of hydrogen-bond donors (Lipinski definition) is 2. The first-order valence-electron chi connectivity index (χ1n) is 7.83. The predicted molar refractivity (Wildman–Crippen MR) is 87.1 cm³/mol. The summed E-state index contributed by atoms with van der Waals surface area (Å²) in [6, 6.07) is 8.51. The van der Waals surface area contributed by atoms with Crippen LogP contribution in [0, 0.1) is 0 Å². The molecule has 2 aliphatic carbocycles. The summed E-state index contributed by atoms with van der Waals surface area (Å²) in [6.07, 6.45) is 4.37. The molecule has 4 nitrogen and oxygen atoms in total. The number of benzene rings is 1. The van der Waals surface area contributed by atoms with Gasteiger partial charge in [-0.3, -0.25) is 0 Å². The lowest BCUT2D eigenvalue weighted by molar-refractivity contribution is 0.237. The zero-order valence-electron chi connectivity index (χ0n) is 12.3. The van der Waals surface area contributed by atoms with Crippen LogP contribution >= 0.6 is 11.3 Å². The largest absolute Gasteiger partial charge is 0.335 e. The van der Waals surface area contributed by atoms with Gasteiger partial charge >= 0.3 is 6.03 Å². The molecular formula is C17H19N3OS. The van der Waals surface area contributed by atoms with E-state index in [1.165, 1.54) is 29.7 Å². The lowest BCUT2D eigenvalue weighted by atomic mass is 10.1. The van der Waals surface area contributed by atoms with Crippen molar-refractivity contribution < 1.29 is 4.79 Å². The molecule has 0 atom stereocenters. The molecule has 114 valence electrons. The Balaban J connectivity index is 1.26. The summed E-state index contributed by atoms with van der Waals surface area (Å²) >= 11 is 1.64. The molecule has 2 amide bonds. The second-order valence-electron chi connectivity index (χ2n) is 6.14. The molecule has 0 aliphatic heterocycles. The first-order chi connectivity index (χ1) is 10.8. The van der Waals surface area contributed by atoms with E-state index in [0.29, 0.717) is 12.5 Å². The van der Waals surface area contributed by atoms with Gasteiger partial charge in [-0.05, 0) is 36.8 Å². The molecule has 0 radical (unpaired) electrons. The highest BCUT2D eigenvalue weighted by atomic mass is 32.1. The third-order valence-electron chi connectivity index (χ3n) is 4.35. The summed E-state index contributed by atoms with van der Waals surface area (Å²) in [7, 11) is 0. The molecule has 1 fully saturated rings. The molecule has 2 aliphatic rings. The van der Waals surface area contributed by atoms with Crippen LogP contribution in [0.25, 0.3) is 0 Å². The highest BCUT2D eigenvalue weighted by molar-refractivity contribution is 7.09. The number of aromatic nitrogens is 1. The van der Waals surface area contributed by atoms with Gasteiger partial charge in [-0.15, -0.1) is 11.3 Å². The topological polar surface area (TPSA) is 54.0 Å². The Morgan fingerprint density at radius 2 is 1.95 bits per heavy atom. The SMILES string of the molecule is O=C(NCc1nc(C2CC2)cs1)NC1Cc2ccccc2C1. The van der Waals surface area contributed by atoms with E-state index < -0.39 is 0 Å². The smallest absolute Gasteiger partial charge is 0.315 e. The van der Waals surface area contributed by atoms with Crippen molar-refractivity contribution >= 4 is 17.4 Å². The molecule has 1 saturated carbocycles. The molecule has 1 heterocycles. The Morgan fingerprint density at radius 3 is 2.64 bits per heavy atom. The zero-order chi connectivity index (χ0) is 14.9. The van der Waals surface area contributed by atoms with E-state index >= 15 is 0 Å². The number of amides is 2. The number of fused-ring (bicyclic) bond motifs is 1. The van der Waals surface area contributed by atoms with Crippen LogP contribution in [-0.2, 0) is 19.4 Å². The lowest BCUT2D eigenvalue weighted by Crippen LogP contribution is -2.42. The Bertz CT molecular complexity index is 668. The van der Waals surface area contributed by atoms with Gasteiger partial charge < -0.3 is 10.6 Å². The van der Waals surface area contributed by atoms with Crippen LogP contribution in [0.15, 0.2) is 29.6 Å². The van der Waals surface area contributed by atoms with Crippen LogP contribution < -0.4 is 10.6 Å². The molecule has 4 rings (SSSR count). The summed E-state index contributed by atoms with van der Waals surface area (Å²) < 4.78 is 0. The van der Waals surface area contributed by atoms with Crippen LogP contribution in [0.5, 0.6) is 0 Å². The molecular weight excluding hydrogens is 294 g/mol. The molecule has 0 saturated heterocycles. The van der Waals surface area contributed by atoms with Gasteiger partial charge in [0.15, 0.2) is 0 Å². The van der Waals surface area contributed by atoms with E-state index in [2.05, 4.69) is 45.3 Å². The summed E-state index contributed by atoms with van der Waals surface area (Å²) in [5.41, 5.74) is 3.90. The Morgan fingerprint density at radius 1 is 1.23 bits per heavy atom. The van der Waals surface area contributed by atoms with Crippen molar-refractivity contribution in [2.45, 2.75) is 44.2 Å².